The molecule has 0 saturated carbocycles. The average molecular weight is 291 g/mol. The third-order valence-corrected chi connectivity index (χ3v) is 1.88. The van der Waals surface area contributed by atoms with Gasteiger partial charge in [0.15, 0.2) is 0 Å². The van der Waals surface area contributed by atoms with Crippen molar-refractivity contribution >= 4 is 0 Å². The summed E-state index contributed by atoms with van der Waals surface area (Å²) in [6.07, 6.45) is 0. The van der Waals surface area contributed by atoms with E-state index >= 15 is 0 Å². The first-order chi connectivity index (χ1) is 5.97. The number of halogens is 2. The van der Waals surface area contributed by atoms with Gasteiger partial charge in [0.05, 0.1) is 0 Å². The first-order valence-electron chi connectivity index (χ1n) is 4.07. The van der Waals surface area contributed by atoms with Crippen molar-refractivity contribution in [3.05, 3.63) is 60.7 Å². The third kappa shape index (κ3) is 4.79. The van der Waals surface area contributed by atoms with Crippen LogP contribution in [0.2, 0.25) is 0 Å². The van der Waals surface area contributed by atoms with Crippen molar-refractivity contribution in [2.45, 2.75) is 0 Å². The number of rotatable bonds is 1. The molecule has 0 saturated heterocycles. The largest absolute Gasteiger partial charge is 2.00 e. The molecule has 2 rings (SSSR count). The monoisotopic (exact) mass is 288 g/mol. The summed E-state index contributed by atoms with van der Waals surface area (Å²) in [5, 5.41) is 0. The molecular formula is C12H10Cl2Zn. The second-order valence-electron chi connectivity index (χ2n) is 2.73. The Kier molecular flexibility index (Phi) is 10.1. The first kappa shape index (κ1) is 17.1. The van der Waals surface area contributed by atoms with Gasteiger partial charge in [-0.25, -0.2) is 0 Å². The van der Waals surface area contributed by atoms with E-state index in [0.29, 0.717) is 0 Å². The van der Waals surface area contributed by atoms with Crippen LogP contribution in [-0.4, -0.2) is 0 Å². The van der Waals surface area contributed by atoms with Crippen LogP contribution in [0.4, 0.5) is 0 Å². The van der Waals surface area contributed by atoms with Gasteiger partial charge in [-0.3, -0.25) is 0 Å². The standard InChI is InChI=1S/C12H10.2ClH.Zn/c1-3-7-11(8-4-1)12-9-5-2-6-10-12;;;/h1-10H;2*1H;/q;;;+2/p-2. The Morgan fingerprint density at radius 1 is 0.467 bits per heavy atom. The fraction of sp³-hybridized carbons (Fsp3) is 0. The van der Waals surface area contributed by atoms with Crippen LogP contribution in [0, 0.1) is 0 Å². The van der Waals surface area contributed by atoms with E-state index in [9.17, 15) is 0 Å². The molecule has 0 fully saturated rings. The van der Waals surface area contributed by atoms with Gasteiger partial charge in [-0.2, -0.15) is 0 Å². The molecule has 15 heavy (non-hydrogen) atoms. The molecule has 0 aromatic heterocycles. The average Bonchev–Trinajstić information content (AvgIpc) is 2.21. The van der Waals surface area contributed by atoms with E-state index in [-0.39, 0.29) is 44.3 Å². The molecule has 74 valence electrons. The minimum Gasteiger partial charge on any atom is -1.00 e. The van der Waals surface area contributed by atoms with Gasteiger partial charge in [-0.05, 0) is 11.1 Å². The Bertz CT molecular complexity index is 311. The van der Waals surface area contributed by atoms with Crippen LogP contribution in [-0.2, 0) is 19.5 Å². The van der Waals surface area contributed by atoms with Crippen molar-refractivity contribution in [2.24, 2.45) is 0 Å². The fourth-order valence-electron chi connectivity index (χ4n) is 1.26. The zero-order valence-corrected chi connectivity index (χ0v) is 12.7. The Morgan fingerprint density at radius 2 is 0.733 bits per heavy atom. The van der Waals surface area contributed by atoms with Crippen LogP contribution < -0.4 is 24.8 Å². The Balaban J connectivity index is 0. The maximum atomic E-state index is 2.12. The summed E-state index contributed by atoms with van der Waals surface area (Å²) in [4.78, 5) is 0. The molecular weight excluding hydrogens is 280 g/mol. The van der Waals surface area contributed by atoms with E-state index in [1.54, 1.807) is 0 Å². The van der Waals surface area contributed by atoms with Crippen LogP contribution in [0.25, 0.3) is 11.1 Å². The van der Waals surface area contributed by atoms with Crippen LogP contribution >= 0.6 is 0 Å². The van der Waals surface area contributed by atoms with Gasteiger partial charge in [0, 0.05) is 0 Å². The molecule has 0 aliphatic rings. The summed E-state index contributed by atoms with van der Waals surface area (Å²) >= 11 is 0. The van der Waals surface area contributed by atoms with Gasteiger partial charge in [-0.1, -0.05) is 60.7 Å². The summed E-state index contributed by atoms with van der Waals surface area (Å²) in [6, 6.07) is 20.8. The summed E-state index contributed by atoms with van der Waals surface area (Å²) in [5.74, 6) is 0. The molecule has 3 heteroatoms. The predicted octanol–water partition coefficient (Wildman–Crippen LogP) is -2.64. The number of benzene rings is 2. The SMILES string of the molecule is [Cl-].[Cl-].[Zn+2].c1ccc(-c2ccccc2)cc1. The molecule has 0 amide bonds. The Hall–Kier alpha value is -0.357. The normalized spacial score (nSPS) is 7.73. The smallest absolute Gasteiger partial charge is 1.00 e. The second kappa shape index (κ2) is 8.91. The molecule has 0 aliphatic heterocycles. The zero-order valence-electron chi connectivity index (χ0n) is 8.24. The molecule has 0 bridgehead atoms. The zero-order chi connectivity index (χ0) is 8.23. The summed E-state index contributed by atoms with van der Waals surface area (Å²) in [5.41, 5.74) is 2.55. The minimum atomic E-state index is 0. The molecule has 0 spiro atoms. The Morgan fingerprint density at radius 3 is 1.00 bits per heavy atom. The van der Waals surface area contributed by atoms with Gasteiger partial charge in [-0.15, -0.1) is 0 Å². The van der Waals surface area contributed by atoms with Crippen molar-refractivity contribution in [3.63, 3.8) is 0 Å². The van der Waals surface area contributed by atoms with Crippen LogP contribution in [0.3, 0.4) is 0 Å². The minimum absolute atomic E-state index is 0. The molecule has 0 atom stereocenters. The first-order valence-corrected chi connectivity index (χ1v) is 4.07. The Labute approximate surface area is 116 Å². The summed E-state index contributed by atoms with van der Waals surface area (Å²) < 4.78 is 0. The van der Waals surface area contributed by atoms with E-state index in [1.807, 2.05) is 12.1 Å². The molecule has 0 unspecified atom stereocenters. The molecule has 0 aliphatic carbocycles. The number of hydrogen-bond acceptors (Lipinski definition) is 0. The fourth-order valence-corrected chi connectivity index (χ4v) is 1.26. The van der Waals surface area contributed by atoms with Gasteiger partial charge in [0.1, 0.15) is 0 Å². The summed E-state index contributed by atoms with van der Waals surface area (Å²) in [7, 11) is 0. The van der Waals surface area contributed by atoms with Crippen molar-refractivity contribution in [2.75, 3.05) is 0 Å². The van der Waals surface area contributed by atoms with E-state index in [1.165, 1.54) is 11.1 Å². The third-order valence-electron chi connectivity index (χ3n) is 1.88. The predicted molar refractivity (Wildman–Crippen MR) is 51.9 cm³/mol. The van der Waals surface area contributed by atoms with E-state index < -0.39 is 0 Å². The molecule has 2 aromatic rings. The molecule has 0 radical (unpaired) electrons. The quantitative estimate of drug-likeness (QED) is 0.504. The van der Waals surface area contributed by atoms with E-state index in [0.717, 1.165) is 0 Å². The van der Waals surface area contributed by atoms with Gasteiger partial charge >= 0.3 is 19.5 Å². The summed E-state index contributed by atoms with van der Waals surface area (Å²) in [6.45, 7) is 0. The topological polar surface area (TPSA) is 0 Å². The van der Waals surface area contributed by atoms with Gasteiger partial charge < -0.3 is 24.8 Å². The molecule has 0 nitrogen and oxygen atoms in total. The van der Waals surface area contributed by atoms with Crippen LogP contribution in [0.5, 0.6) is 0 Å². The molecule has 2 aromatic carbocycles. The maximum Gasteiger partial charge on any atom is 2.00 e. The second-order valence-corrected chi connectivity index (χ2v) is 2.73. The molecule has 0 heterocycles. The van der Waals surface area contributed by atoms with E-state index in [4.69, 9.17) is 0 Å². The van der Waals surface area contributed by atoms with Crippen molar-refractivity contribution in [1.82, 2.24) is 0 Å². The van der Waals surface area contributed by atoms with E-state index in [2.05, 4.69) is 48.5 Å². The molecule has 0 N–H and O–H groups in total. The van der Waals surface area contributed by atoms with Crippen LogP contribution in [0.15, 0.2) is 60.7 Å². The van der Waals surface area contributed by atoms with Crippen LogP contribution in [0.1, 0.15) is 0 Å². The van der Waals surface area contributed by atoms with Crippen molar-refractivity contribution < 1.29 is 44.3 Å². The van der Waals surface area contributed by atoms with Gasteiger partial charge in [0.2, 0.25) is 0 Å². The van der Waals surface area contributed by atoms with Crippen molar-refractivity contribution in [1.29, 1.82) is 0 Å². The van der Waals surface area contributed by atoms with Crippen molar-refractivity contribution in [3.8, 4) is 11.1 Å². The number of hydrogen-bond donors (Lipinski definition) is 0. The maximum absolute atomic E-state index is 2.12. The van der Waals surface area contributed by atoms with Gasteiger partial charge in [0.25, 0.3) is 0 Å².